The van der Waals surface area contributed by atoms with Crippen LogP contribution in [-0.2, 0) is 4.79 Å². The minimum absolute atomic E-state index is 0.0926. The van der Waals surface area contributed by atoms with Gasteiger partial charge in [-0.05, 0) is 49.9 Å². The van der Waals surface area contributed by atoms with Crippen LogP contribution in [0.15, 0.2) is 24.3 Å². The van der Waals surface area contributed by atoms with Crippen LogP contribution in [0.5, 0.6) is 5.75 Å². The van der Waals surface area contributed by atoms with E-state index < -0.39 is 5.54 Å². The van der Waals surface area contributed by atoms with Crippen molar-refractivity contribution >= 4 is 17.5 Å². The molecule has 1 aliphatic rings. The van der Waals surface area contributed by atoms with Gasteiger partial charge in [-0.25, -0.2) is 0 Å². The number of amides is 1. The molecule has 23 heavy (non-hydrogen) atoms. The standard InChI is InChI=1S/C17H22ClN3O2/c1-17(12-19,13-3-4-13)20-16(22)11-21(2)9-10-23-15-7-5-14(18)6-8-15/h5-8,13H,3-4,9-11H2,1-2H3,(H,20,22)/p+1/t17-/m1/s1. The SMILES string of the molecule is C[NH+](CCOc1ccc(Cl)cc1)CC(=O)N[C@](C)(C#N)C1CC1. The van der Waals surface area contributed by atoms with Crippen molar-refractivity contribution in [1.82, 2.24) is 5.32 Å². The van der Waals surface area contributed by atoms with Crippen LogP contribution < -0.4 is 15.0 Å². The summed E-state index contributed by atoms with van der Waals surface area (Å²) in [7, 11) is 1.94. The van der Waals surface area contributed by atoms with Crippen molar-refractivity contribution in [3.8, 4) is 11.8 Å². The number of nitriles is 1. The number of nitrogens with one attached hydrogen (secondary N) is 2. The van der Waals surface area contributed by atoms with Gasteiger partial charge in [0, 0.05) is 5.02 Å². The lowest BCUT2D eigenvalue weighted by Crippen LogP contribution is -3.11. The van der Waals surface area contributed by atoms with E-state index >= 15 is 0 Å². The summed E-state index contributed by atoms with van der Waals surface area (Å²) >= 11 is 5.82. The molecule has 0 spiro atoms. The van der Waals surface area contributed by atoms with E-state index in [4.69, 9.17) is 16.3 Å². The number of rotatable bonds is 8. The van der Waals surface area contributed by atoms with Crippen molar-refractivity contribution in [3.63, 3.8) is 0 Å². The van der Waals surface area contributed by atoms with Gasteiger partial charge in [-0.1, -0.05) is 11.6 Å². The van der Waals surface area contributed by atoms with Crippen LogP contribution in [0.4, 0.5) is 0 Å². The highest BCUT2D eigenvalue weighted by Crippen LogP contribution is 2.39. The molecule has 0 heterocycles. The Kier molecular flexibility index (Phi) is 5.86. The number of hydrogen-bond donors (Lipinski definition) is 2. The molecule has 5 nitrogen and oxygen atoms in total. The molecule has 2 N–H and O–H groups in total. The Morgan fingerprint density at radius 3 is 2.70 bits per heavy atom. The third kappa shape index (κ3) is 5.42. The highest BCUT2D eigenvalue weighted by Gasteiger charge is 2.43. The second kappa shape index (κ2) is 7.67. The topological polar surface area (TPSA) is 66.6 Å². The molecule has 1 aromatic rings. The Bertz CT molecular complexity index is 580. The molecular formula is C17H23ClN3O2+. The van der Waals surface area contributed by atoms with Crippen LogP contribution >= 0.6 is 11.6 Å². The maximum atomic E-state index is 12.1. The van der Waals surface area contributed by atoms with Crippen LogP contribution in [-0.4, -0.2) is 38.2 Å². The van der Waals surface area contributed by atoms with Crippen molar-refractivity contribution in [2.45, 2.75) is 25.3 Å². The first-order chi connectivity index (χ1) is 10.9. The Morgan fingerprint density at radius 1 is 1.48 bits per heavy atom. The van der Waals surface area contributed by atoms with Gasteiger partial charge in [-0.15, -0.1) is 0 Å². The van der Waals surface area contributed by atoms with Gasteiger partial charge in [0.2, 0.25) is 0 Å². The molecule has 1 unspecified atom stereocenters. The summed E-state index contributed by atoms with van der Waals surface area (Å²) in [6, 6.07) is 9.43. The van der Waals surface area contributed by atoms with Gasteiger partial charge in [0.25, 0.3) is 5.91 Å². The number of likely N-dealkylation sites (N-methyl/N-ethyl adjacent to an activating group) is 1. The van der Waals surface area contributed by atoms with Crippen LogP contribution in [0.25, 0.3) is 0 Å². The fraction of sp³-hybridized carbons (Fsp3) is 0.529. The monoisotopic (exact) mass is 336 g/mol. The van der Waals surface area contributed by atoms with Crippen molar-refractivity contribution in [2.24, 2.45) is 5.92 Å². The second-order valence-electron chi connectivity index (χ2n) is 6.32. The van der Waals surface area contributed by atoms with E-state index in [-0.39, 0.29) is 5.91 Å². The van der Waals surface area contributed by atoms with E-state index in [0.29, 0.717) is 30.6 Å². The van der Waals surface area contributed by atoms with Crippen LogP contribution in [0.1, 0.15) is 19.8 Å². The molecule has 1 aliphatic carbocycles. The van der Waals surface area contributed by atoms with Crippen molar-refractivity contribution in [2.75, 3.05) is 26.7 Å². The maximum absolute atomic E-state index is 12.1. The van der Waals surface area contributed by atoms with Crippen molar-refractivity contribution in [3.05, 3.63) is 29.3 Å². The lowest BCUT2D eigenvalue weighted by Gasteiger charge is -2.23. The highest BCUT2D eigenvalue weighted by molar-refractivity contribution is 6.30. The first-order valence-corrected chi connectivity index (χ1v) is 8.22. The third-order valence-corrected chi connectivity index (χ3v) is 4.35. The zero-order valence-corrected chi connectivity index (χ0v) is 14.3. The van der Waals surface area contributed by atoms with Gasteiger partial charge in [0.1, 0.15) is 24.4 Å². The van der Waals surface area contributed by atoms with E-state index in [1.807, 2.05) is 26.1 Å². The molecule has 2 rings (SSSR count). The second-order valence-corrected chi connectivity index (χ2v) is 6.76. The summed E-state index contributed by atoms with van der Waals surface area (Å²) < 4.78 is 5.62. The minimum Gasteiger partial charge on any atom is -0.488 e. The molecule has 1 saturated carbocycles. The summed E-state index contributed by atoms with van der Waals surface area (Å²) in [5.74, 6) is 0.965. The molecule has 1 fully saturated rings. The number of quaternary nitrogens is 1. The molecular weight excluding hydrogens is 314 g/mol. The number of carbonyl (C=O) groups excluding carboxylic acids is 1. The number of nitrogens with zero attached hydrogens (tertiary/aromatic N) is 1. The average Bonchev–Trinajstić information content (AvgIpc) is 3.34. The lowest BCUT2D eigenvalue weighted by molar-refractivity contribution is -0.871. The summed E-state index contributed by atoms with van der Waals surface area (Å²) in [6.07, 6.45) is 2.03. The number of benzene rings is 1. The van der Waals surface area contributed by atoms with E-state index in [2.05, 4.69) is 11.4 Å². The number of halogens is 1. The predicted molar refractivity (Wildman–Crippen MR) is 88.5 cm³/mol. The third-order valence-electron chi connectivity index (χ3n) is 4.10. The molecule has 124 valence electrons. The molecule has 0 aliphatic heterocycles. The first kappa shape index (κ1) is 17.6. The molecule has 0 radical (unpaired) electrons. The molecule has 0 aromatic heterocycles. The molecule has 0 saturated heterocycles. The predicted octanol–water partition coefficient (Wildman–Crippen LogP) is 1.04. The normalized spacial score (nSPS) is 17.7. The Morgan fingerprint density at radius 2 is 2.13 bits per heavy atom. The van der Waals surface area contributed by atoms with Crippen molar-refractivity contribution in [1.29, 1.82) is 5.26 Å². The minimum atomic E-state index is -0.725. The number of ether oxygens (including phenoxy) is 1. The van der Waals surface area contributed by atoms with E-state index in [1.54, 1.807) is 12.1 Å². The fourth-order valence-corrected chi connectivity index (χ4v) is 2.58. The zero-order chi connectivity index (χ0) is 16.9. The number of carbonyl (C=O) groups is 1. The Balaban J connectivity index is 1.69. The summed E-state index contributed by atoms with van der Waals surface area (Å²) in [4.78, 5) is 13.1. The summed E-state index contributed by atoms with van der Waals surface area (Å²) in [6.45, 7) is 3.34. The van der Waals surface area contributed by atoms with E-state index in [1.165, 1.54) is 0 Å². The smallest absolute Gasteiger partial charge is 0.276 e. The molecule has 1 aromatic carbocycles. The number of hydrogen-bond acceptors (Lipinski definition) is 3. The van der Waals surface area contributed by atoms with Gasteiger partial charge in [0.15, 0.2) is 6.54 Å². The Labute approximate surface area is 142 Å². The van der Waals surface area contributed by atoms with Gasteiger partial charge >= 0.3 is 0 Å². The Hall–Kier alpha value is -1.77. The first-order valence-electron chi connectivity index (χ1n) is 7.85. The van der Waals surface area contributed by atoms with Crippen LogP contribution in [0, 0.1) is 17.2 Å². The summed E-state index contributed by atoms with van der Waals surface area (Å²) in [5.41, 5.74) is -0.725. The van der Waals surface area contributed by atoms with Gasteiger partial charge < -0.3 is 15.0 Å². The van der Waals surface area contributed by atoms with Crippen LogP contribution in [0.2, 0.25) is 5.02 Å². The van der Waals surface area contributed by atoms with Gasteiger partial charge in [-0.3, -0.25) is 4.79 Å². The van der Waals surface area contributed by atoms with Gasteiger partial charge in [-0.2, -0.15) is 5.26 Å². The molecule has 1 amide bonds. The molecule has 0 bridgehead atoms. The fourth-order valence-electron chi connectivity index (χ4n) is 2.45. The van der Waals surface area contributed by atoms with Crippen molar-refractivity contribution < 1.29 is 14.4 Å². The maximum Gasteiger partial charge on any atom is 0.276 e. The zero-order valence-electron chi connectivity index (χ0n) is 13.6. The quantitative estimate of drug-likeness (QED) is 0.745. The van der Waals surface area contributed by atoms with Crippen LogP contribution in [0.3, 0.4) is 0 Å². The highest BCUT2D eigenvalue weighted by atomic mass is 35.5. The summed E-state index contributed by atoms with van der Waals surface area (Å²) in [5, 5.41) is 12.8. The average molecular weight is 337 g/mol. The van der Waals surface area contributed by atoms with E-state index in [0.717, 1.165) is 23.5 Å². The van der Waals surface area contributed by atoms with E-state index in [9.17, 15) is 10.1 Å². The molecule has 2 atom stereocenters. The van der Waals surface area contributed by atoms with Gasteiger partial charge in [0.05, 0.1) is 13.1 Å². The largest absolute Gasteiger partial charge is 0.488 e. The molecule has 6 heteroatoms. The lowest BCUT2D eigenvalue weighted by atomic mass is 9.98.